The summed E-state index contributed by atoms with van der Waals surface area (Å²) in [5, 5.41) is 3.90. The number of methoxy groups -OCH3 is 1. The van der Waals surface area contributed by atoms with E-state index in [1.165, 1.54) is 32.2 Å². The van der Waals surface area contributed by atoms with E-state index in [4.69, 9.17) is 9.47 Å². The predicted octanol–water partition coefficient (Wildman–Crippen LogP) is 2.03. The second-order valence-electron chi connectivity index (χ2n) is 7.77. The fourth-order valence-electron chi connectivity index (χ4n) is 4.54. The van der Waals surface area contributed by atoms with Crippen LogP contribution in [-0.4, -0.2) is 62.0 Å². The van der Waals surface area contributed by atoms with E-state index in [-0.39, 0.29) is 5.60 Å². The molecule has 2 unspecified atom stereocenters. The number of rotatable bonds is 4. The van der Waals surface area contributed by atoms with Gasteiger partial charge in [-0.25, -0.2) is 0 Å². The summed E-state index contributed by atoms with van der Waals surface area (Å²) in [6.07, 6.45) is 6.47. The zero-order chi connectivity index (χ0) is 14.9. The van der Waals surface area contributed by atoms with Crippen LogP contribution in [0.5, 0.6) is 0 Å². The fourth-order valence-corrected chi connectivity index (χ4v) is 4.54. The quantitative estimate of drug-likeness (QED) is 0.861. The lowest BCUT2D eigenvalue weighted by Gasteiger charge is -2.50. The molecule has 2 aliphatic heterocycles. The van der Waals surface area contributed by atoms with Crippen molar-refractivity contribution in [2.75, 3.05) is 40.0 Å². The number of piperazine rings is 1. The summed E-state index contributed by atoms with van der Waals surface area (Å²) in [7, 11) is 1.85. The maximum Gasteiger partial charge on any atom is 0.106 e. The lowest BCUT2D eigenvalue weighted by Crippen LogP contribution is -2.66. The summed E-state index contributed by atoms with van der Waals surface area (Å²) in [5.41, 5.74) is 0.296. The van der Waals surface area contributed by atoms with Gasteiger partial charge in [0, 0.05) is 51.4 Å². The first-order chi connectivity index (χ1) is 10.1. The highest BCUT2D eigenvalue weighted by molar-refractivity contribution is 5.03. The van der Waals surface area contributed by atoms with Crippen molar-refractivity contribution >= 4 is 0 Å². The molecule has 0 aromatic carbocycles. The van der Waals surface area contributed by atoms with E-state index in [9.17, 15) is 0 Å². The van der Waals surface area contributed by atoms with Crippen LogP contribution in [0.2, 0.25) is 0 Å². The van der Waals surface area contributed by atoms with E-state index in [1.54, 1.807) is 0 Å². The first-order valence-electron chi connectivity index (χ1n) is 8.70. The molecule has 3 rings (SSSR count). The molecule has 4 heteroatoms. The van der Waals surface area contributed by atoms with Crippen LogP contribution in [0.4, 0.5) is 0 Å². The molecule has 4 nitrogen and oxygen atoms in total. The van der Waals surface area contributed by atoms with Crippen molar-refractivity contribution in [3.8, 4) is 0 Å². The molecular formula is C17H32N2O2. The molecule has 0 amide bonds. The number of nitrogens with zero attached hydrogens (tertiary/aromatic N) is 1. The molecule has 0 bridgehead atoms. The van der Waals surface area contributed by atoms with Gasteiger partial charge in [-0.3, -0.25) is 4.90 Å². The molecule has 21 heavy (non-hydrogen) atoms. The third-order valence-corrected chi connectivity index (χ3v) is 5.98. The Hall–Kier alpha value is -0.160. The smallest absolute Gasteiger partial charge is 0.106 e. The van der Waals surface area contributed by atoms with Crippen molar-refractivity contribution in [2.45, 2.75) is 63.1 Å². The normalized spacial score (nSPS) is 36.9. The van der Waals surface area contributed by atoms with Crippen LogP contribution in [0.25, 0.3) is 0 Å². The van der Waals surface area contributed by atoms with Gasteiger partial charge in [-0.05, 0) is 18.8 Å². The molecule has 1 N–H and O–H groups in total. The van der Waals surface area contributed by atoms with Gasteiger partial charge in [0.1, 0.15) is 5.60 Å². The molecule has 1 saturated carbocycles. The van der Waals surface area contributed by atoms with Crippen molar-refractivity contribution in [1.82, 2.24) is 10.2 Å². The SMILES string of the molecule is COC1(CN2CC3(CCCC3)NCC2C(C)C)CCOC1. The lowest BCUT2D eigenvalue weighted by molar-refractivity contribution is -0.0667. The average molecular weight is 296 g/mol. The van der Waals surface area contributed by atoms with E-state index in [0.29, 0.717) is 17.5 Å². The van der Waals surface area contributed by atoms with Crippen molar-refractivity contribution in [1.29, 1.82) is 0 Å². The van der Waals surface area contributed by atoms with E-state index < -0.39 is 0 Å². The highest BCUT2D eigenvalue weighted by Crippen LogP contribution is 2.36. The maximum absolute atomic E-state index is 5.89. The molecule has 3 fully saturated rings. The van der Waals surface area contributed by atoms with Gasteiger partial charge in [-0.15, -0.1) is 0 Å². The number of hydrogen-bond donors (Lipinski definition) is 1. The van der Waals surface area contributed by atoms with Gasteiger partial charge in [0.05, 0.1) is 6.61 Å². The minimum Gasteiger partial charge on any atom is -0.378 e. The second kappa shape index (κ2) is 6.15. The lowest BCUT2D eigenvalue weighted by atomic mass is 9.87. The van der Waals surface area contributed by atoms with Gasteiger partial charge < -0.3 is 14.8 Å². The molecule has 2 saturated heterocycles. The fraction of sp³-hybridized carbons (Fsp3) is 1.00. The van der Waals surface area contributed by atoms with Gasteiger partial charge in [0.2, 0.25) is 0 Å². The summed E-state index contributed by atoms with van der Waals surface area (Å²) >= 11 is 0. The molecule has 2 atom stereocenters. The summed E-state index contributed by atoms with van der Waals surface area (Å²) in [5.74, 6) is 0.674. The van der Waals surface area contributed by atoms with Crippen molar-refractivity contribution in [3.05, 3.63) is 0 Å². The molecule has 122 valence electrons. The van der Waals surface area contributed by atoms with Crippen LogP contribution in [0.3, 0.4) is 0 Å². The predicted molar refractivity (Wildman–Crippen MR) is 84.6 cm³/mol. The highest BCUT2D eigenvalue weighted by Gasteiger charge is 2.45. The Labute approximate surface area is 129 Å². The molecular weight excluding hydrogens is 264 g/mol. The Balaban J connectivity index is 1.74. The highest BCUT2D eigenvalue weighted by atomic mass is 16.5. The summed E-state index contributed by atoms with van der Waals surface area (Å²) in [6, 6.07) is 0.615. The van der Waals surface area contributed by atoms with Crippen LogP contribution in [0.15, 0.2) is 0 Å². The van der Waals surface area contributed by atoms with Crippen molar-refractivity contribution in [3.63, 3.8) is 0 Å². The number of nitrogens with one attached hydrogen (secondary N) is 1. The Kier molecular flexibility index (Phi) is 4.60. The Morgan fingerprint density at radius 2 is 2.05 bits per heavy atom. The zero-order valence-electron chi connectivity index (χ0n) is 14.0. The summed E-state index contributed by atoms with van der Waals surface area (Å²) in [6.45, 7) is 9.62. The van der Waals surface area contributed by atoms with Gasteiger partial charge in [0.25, 0.3) is 0 Å². The first-order valence-corrected chi connectivity index (χ1v) is 8.70. The van der Waals surface area contributed by atoms with E-state index in [1.807, 2.05) is 7.11 Å². The Morgan fingerprint density at radius 1 is 1.29 bits per heavy atom. The van der Waals surface area contributed by atoms with Crippen LogP contribution < -0.4 is 5.32 Å². The molecule has 0 aromatic rings. The zero-order valence-corrected chi connectivity index (χ0v) is 14.0. The maximum atomic E-state index is 5.89. The first kappa shape index (κ1) is 15.7. The minimum atomic E-state index is -0.0791. The minimum absolute atomic E-state index is 0.0791. The van der Waals surface area contributed by atoms with Crippen LogP contribution in [-0.2, 0) is 9.47 Å². The van der Waals surface area contributed by atoms with Gasteiger partial charge in [0.15, 0.2) is 0 Å². The Morgan fingerprint density at radius 3 is 2.62 bits per heavy atom. The van der Waals surface area contributed by atoms with E-state index in [0.717, 1.165) is 32.7 Å². The van der Waals surface area contributed by atoms with Gasteiger partial charge in [-0.2, -0.15) is 0 Å². The molecule has 1 spiro atoms. The molecule has 0 aromatic heterocycles. The topological polar surface area (TPSA) is 33.7 Å². The molecule has 2 heterocycles. The third-order valence-electron chi connectivity index (χ3n) is 5.98. The van der Waals surface area contributed by atoms with Gasteiger partial charge in [-0.1, -0.05) is 26.7 Å². The van der Waals surface area contributed by atoms with Crippen LogP contribution >= 0.6 is 0 Å². The summed E-state index contributed by atoms with van der Waals surface area (Å²) < 4.78 is 11.5. The second-order valence-corrected chi connectivity index (χ2v) is 7.77. The summed E-state index contributed by atoms with van der Waals surface area (Å²) in [4.78, 5) is 2.71. The van der Waals surface area contributed by atoms with Crippen LogP contribution in [0, 0.1) is 5.92 Å². The molecule has 1 aliphatic carbocycles. The molecule has 0 radical (unpaired) electrons. The Bertz CT molecular complexity index is 347. The standard InChI is InChI=1S/C17H32N2O2/c1-14(2)15-10-18-16(6-4-5-7-16)11-19(15)12-17(20-3)8-9-21-13-17/h14-15,18H,4-13H2,1-3H3. The number of ether oxygens (including phenoxy) is 2. The van der Waals surface area contributed by atoms with Gasteiger partial charge >= 0.3 is 0 Å². The van der Waals surface area contributed by atoms with E-state index >= 15 is 0 Å². The van der Waals surface area contributed by atoms with Crippen molar-refractivity contribution in [2.24, 2.45) is 5.92 Å². The van der Waals surface area contributed by atoms with Crippen LogP contribution in [0.1, 0.15) is 46.0 Å². The van der Waals surface area contributed by atoms with Crippen molar-refractivity contribution < 1.29 is 9.47 Å². The monoisotopic (exact) mass is 296 g/mol. The average Bonchev–Trinajstić information content (AvgIpc) is 3.09. The molecule has 3 aliphatic rings. The largest absolute Gasteiger partial charge is 0.378 e. The number of hydrogen-bond acceptors (Lipinski definition) is 4. The van der Waals surface area contributed by atoms with E-state index in [2.05, 4.69) is 24.1 Å². The third kappa shape index (κ3) is 3.14.